The van der Waals surface area contributed by atoms with Crippen molar-refractivity contribution in [1.29, 1.82) is 0 Å². The number of hydrogen-bond donors (Lipinski definition) is 1. The lowest BCUT2D eigenvalue weighted by molar-refractivity contribution is -0.0740. The number of fused-ring (bicyclic) bond motifs is 2. The van der Waals surface area contributed by atoms with Crippen LogP contribution in [0.4, 0.5) is 0 Å². The zero-order chi connectivity index (χ0) is 19.2. The highest BCUT2D eigenvalue weighted by Crippen LogP contribution is 2.46. The van der Waals surface area contributed by atoms with Crippen molar-refractivity contribution in [2.75, 3.05) is 26.2 Å². The predicted molar refractivity (Wildman–Crippen MR) is 108 cm³/mol. The molecule has 0 radical (unpaired) electrons. The van der Waals surface area contributed by atoms with Crippen LogP contribution in [0.25, 0.3) is 0 Å². The summed E-state index contributed by atoms with van der Waals surface area (Å²) in [5.74, 6) is 1.74. The van der Waals surface area contributed by atoms with Gasteiger partial charge in [-0.25, -0.2) is 4.98 Å². The molecule has 3 aliphatic heterocycles. The fourth-order valence-electron chi connectivity index (χ4n) is 5.94. The van der Waals surface area contributed by atoms with Gasteiger partial charge in [0.15, 0.2) is 0 Å². The normalized spacial score (nSPS) is 33.7. The molecule has 3 saturated heterocycles. The Morgan fingerprint density at radius 3 is 2.30 bits per heavy atom. The fourth-order valence-corrected chi connectivity index (χ4v) is 5.94. The molecule has 0 aliphatic carbocycles. The van der Waals surface area contributed by atoms with E-state index < -0.39 is 5.60 Å². The number of aryl methyl sites for hydroxylation is 1. The van der Waals surface area contributed by atoms with Gasteiger partial charge in [-0.2, -0.15) is 0 Å². The van der Waals surface area contributed by atoms with Crippen molar-refractivity contribution >= 4 is 0 Å². The number of hydrogen-bond acceptors (Lipinski definition) is 4. The van der Waals surface area contributed by atoms with Crippen molar-refractivity contribution in [2.45, 2.75) is 77.0 Å². The van der Waals surface area contributed by atoms with E-state index in [1.165, 1.54) is 45.3 Å². The molecule has 0 spiro atoms. The van der Waals surface area contributed by atoms with Crippen LogP contribution in [0, 0.1) is 11.3 Å². The van der Waals surface area contributed by atoms with Crippen molar-refractivity contribution in [2.24, 2.45) is 18.4 Å². The minimum Gasteiger partial charge on any atom is -0.382 e. The molecule has 0 aromatic carbocycles. The van der Waals surface area contributed by atoms with Gasteiger partial charge < -0.3 is 14.6 Å². The van der Waals surface area contributed by atoms with Crippen LogP contribution >= 0.6 is 0 Å². The number of aromatic nitrogens is 2. The summed E-state index contributed by atoms with van der Waals surface area (Å²) in [7, 11) is 2.00. The minimum absolute atomic E-state index is 0.292. The maximum absolute atomic E-state index is 11.4. The average Bonchev–Trinajstić information content (AvgIpc) is 3.12. The number of imidazole rings is 1. The predicted octanol–water partition coefficient (Wildman–Crippen LogP) is 2.99. The lowest BCUT2D eigenvalue weighted by atomic mass is 9.82. The molecule has 5 nitrogen and oxygen atoms in total. The van der Waals surface area contributed by atoms with Gasteiger partial charge >= 0.3 is 0 Å². The Morgan fingerprint density at radius 2 is 1.74 bits per heavy atom. The van der Waals surface area contributed by atoms with Crippen LogP contribution in [0.5, 0.6) is 0 Å². The first-order valence-corrected chi connectivity index (χ1v) is 10.9. The van der Waals surface area contributed by atoms with Gasteiger partial charge in [0, 0.05) is 44.6 Å². The Balaban J connectivity index is 1.40. The standard InChI is InChI=1S/C22H38N4O/c1-17-7-10-25(11-8-17)15-21(2,3)16-26-18-5-6-19(26)14-22(27,13-18)20-23-9-12-24(20)4/h9,12,17-19,27H,5-8,10-11,13-16H2,1-4H3. The van der Waals surface area contributed by atoms with Crippen molar-refractivity contribution in [3.05, 3.63) is 18.2 Å². The van der Waals surface area contributed by atoms with Gasteiger partial charge in [-0.3, -0.25) is 4.90 Å². The minimum atomic E-state index is -0.756. The fraction of sp³-hybridized carbons (Fsp3) is 0.864. The van der Waals surface area contributed by atoms with Crippen LogP contribution in [0.1, 0.15) is 65.1 Å². The van der Waals surface area contributed by atoms with Gasteiger partial charge in [0.05, 0.1) is 0 Å². The number of nitrogens with zero attached hydrogens (tertiary/aromatic N) is 4. The van der Waals surface area contributed by atoms with E-state index >= 15 is 0 Å². The second kappa shape index (κ2) is 7.16. The summed E-state index contributed by atoms with van der Waals surface area (Å²) in [5, 5.41) is 11.4. The summed E-state index contributed by atoms with van der Waals surface area (Å²) in [6, 6.07) is 0.984. The Labute approximate surface area is 164 Å². The molecule has 3 aliphatic rings. The summed E-state index contributed by atoms with van der Waals surface area (Å²) in [6.45, 7) is 12.1. The first-order valence-electron chi connectivity index (χ1n) is 10.9. The highest BCUT2D eigenvalue weighted by atomic mass is 16.3. The molecule has 27 heavy (non-hydrogen) atoms. The van der Waals surface area contributed by atoms with Crippen LogP contribution in [0.15, 0.2) is 12.4 Å². The summed E-state index contributed by atoms with van der Waals surface area (Å²) < 4.78 is 2.00. The third kappa shape index (κ3) is 3.96. The van der Waals surface area contributed by atoms with Crippen molar-refractivity contribution in [1.82, 2.24) is 19.4 Å². The average molecular weight is 375 g/mol. The highest BCUT2D eigenvalue weighted by molar-refractivity contribution is 5.12. The van der Waals surface area contributed by atoms with Gasteiger partial charge in [-0.15, -0.1) is 0 Å². The quantitative estimate of drug-likeness (QED) is 0.861. The van der Waals surface area contributed by atoms with Gasteiger partial charge in [0.1, 0.15) is 11.4 Å². The van der Waals surface area contributed by atoms with Gasteiger partial charge in [-0.1, -0.05) is 20.8 Å². The van der Waals surface area contributed by atoms with Gasteiger partial charge in [0.25, 0.3) is 0 Å². The van der Waals surface area contributed by atoms with Crippen LogP contribution in [0.2, 0.25) is 0 Å². The molecule has 2 atom stereocenters. The smallest absolute Gasteiger partial charge is 0.140 e. The molecule has 5 heteroatoms. The molecule has 0 saturated carbocycles. The lowest BCUT2D eigenvalue weighted by Crippen LogP contribution is -2.54. The topological polar surface area (TPSA) is 44.5 Å². The molecular weight excluding hydrogens is 336 g/mol. The Morgan fingerprint density at radius 1 is 1.11 bits per heavy atom. The maximum atomic E-state index is 11.4. The van der Waals surface area contributed by atoms with Crippen LogP contribution < -0.4 is 0 Å². The molecule has 152 valence electrons. The second-order valence-corrected chi connectivity index (χ2v) is 10.5. The van der Waals surface area contributed by atoms with Crippen LogP contribution in [-0.2, 0) is 12.6 Å². The highest BCUT2D eigenvalue weighted by Gasteiger charge is 2.50. The molecule has 2 bridgehead atoms. The zero-order valence-corrected chi connectivity index (χ0v) is 17.7. The third-order valence-corrected chi connectivity index (χ3v) is 7.29. The summed E-state index contributed by atoms with van der Waals surface area (Å²) in [6.07, 6.45) is 10.5. The number of piperidine rings is 2. The van der Waals surface area contributed by atoms with E-state index in [2.05, 4.69) is 35.6 Å². The van der Waals surface area contributed by atoms with Gasteiger partial charge in [0.2, 0.25) is 0 Å². The second-order valence-electron chi connectivity index (χ2n) is 10.5. The molecule has 1 N–H and O–H groups in total. The monoisotopic (exact) mass is 374 g/mol. The molecule has 0 amide bonds. The first-order chi connectivity index (χ1) is 12.8. The largest absolute Gasteiger partial charge is 0.382 e. The molecule has 1 aromatic rings. The number of likely N-dealkylation sites (tertiary alicyclic amines) is 1. The van der Waals surface area contributed by atoms with Crippen LogP contribution in [-0.4, -0.2) is 62.7 Å². The van der Waals surface area contributed by atoms with Crippen molar-refractivity contribution in [3.63, 3.8) is 0 Å². The summed E-state index contributed by atoms with van der Waals surface area (Å²) >= 11 is 0. The van der Waals surface area contributed by atoms with E-state index in [0.29, 0.717) is 17.5 Å². The Bertz CT molecular complexity index is 632. The summed E-state index contributed by atoms with van der Waals surface area (Å²) in [5.41, 5.74) is -0.464. The Hall–Kier alpha value is -0.910. The van der Waals surface area contributed by atoms with E-state index in [0.717, 1.165) is 31.1 Å². The first kappa shape index (κ1) is 19.4. The van der Waals surface area contributed by atoms with Gasteiger partial charge in [-0.05, 0) is 62.9 Å². The maximum Gasteiger partial charge on any atom is 0.140 e. The van der Waals surface area contributed by atoms with E-state index in [1.54, 1.807) is 0 Å². The number of aliphatic hydroxyl groups is 1. The molecule has 4 heterocycles. The van der Waals surface area contributed by atoms with Crippen molar-refractivity contribution < 1.29 is 5.11 Å². The number of rotatable bonds is 5. The van der Waals surface area contributed by atoms with Crippen molar-refractivity contribution in [3.8, 4) is 0 Å². The lowest BCUT2D eigenvalue weighted by Gasteiger charge is -2.47. The SMILES string of the molecule is CC1CCN(CC(C)(C)CN2C3CCC2CC(O)(c2nccn2C)C3)CC1. The van der Waals surface area contributed by atoms with E-state index in [9.17, 15) is 5.11 Å². The molecule has 2 unspecified atom stereocenters. The zero-order valence-electron chi connectivity index (χ0n) is 17.7. The van der Waals surface area contributed by atoms with E-state index in [4.69, 9.17) is 0 Å². The Kier molecular flexibility index (Phi) is 5.15. The van der Waals surface area contributed by atoms with E-state index in [-0.39, 0.29) is 0 Å². The summed E-state index contributed by atoms with van der Waals surface area (Å²) in [4.78, 5) is 9.88. The van der Waals surface area contributed by atoms with Crippen LogP contribution in [0.3, 0.4) is 0 Å². The molecule has 1 aromatic heterocycles. The molecule has 3 fully saturated rings. The molecule has 4 rings (SSSR count). The molecular formula is C22H38N4O. The van der Waals surface area contributed by atoms with E-state index in [1.807, 2.05) is 24.0 Å². The third-order valence-electron chi connectivity index (χ3n) is 7.29.